The molecule has 0 aliphatic rings. The number of nitro benzene ring substituents is 1. The number of carboxylic acid groups (broad SMARTS) is 1. The molecule has 0 saturated heterocycles. The van der Waals surface area contributed by atoms with Crippen LogP contribution >= 0.6 is 23.4 Å². The summed E-state index contributed by atoms with van der Waals surface area (Å²) < 4.78 is 7.58. The molecule has 1 aromatic heterocycles. The molecular formula is C26H21ClN4O5S. The number of hydrogen-bond donors (Lipinski definition) is 1. The summed E-state index contributed by atoms with van der Waals surface area (Å²) in [6, 6.07) is 20.3. The van der Waals surface area contributed by atoms with Crippen LogP contribution in [0.15, 0.2) is 82.9 Å². The van der Waals surface area contributed by atoms with Crippen molar-refractivity contribution in [2.24, 2.45) is 0 Å². The number of nitrogens with zero attached hydrogens (tertiary/aromatic N) is 4. The molecule has 0 bridgehead atoms. The van der Waals surface area contributed by atoms with Gasteiger partial charge in [0.25, 0.3) is 5.69 Å². The summed E-state index contributed by atoms with van der Waals surface area (Å²) >= 11 is 7.00. The third kappa shape index (κ3) is 6.54. The van der Waals surface area contributed by atoms with Crippen molar-refractivity contribution in [3.63, 3.8) is 0 Å². The summed E-state index contributed by atoms with van der Waals surface area (Å²) in [7, 11) is 0. The van der Waals surface area contributed by atoms with Gasteiger partial charge in [0.05, 0.1) is 4.92 Å². The summed E-state index contributed by atoms with van der Waals surface area (Å²) in [4.78, 5) is 22.4. The Kier molecular flexibility index (Phi) is 8.22. The summed E-state index contributed by atoms with van der Waals surface area (Å²) in [6.45, 7) is 2.74. The summed E-state index contributed by atoms with van der Waals surface area (Å²) in [5.41, 5.74) is 2.31. The largest absolute Gasteiger partial charge is 0.489 e. The van der Waals surface area contributed by atoms with Crippen molar-refractivity contribution < 1.29 is 19.6 Å². The van der Waals surface area contributed by atoms with Gasteiger partial charge in [0.15, 0.2) is 11.0 Å². The number of carbonyl (C=O) groups is 1. The third-order valence-corrected chi connectivity index (χ3v) is 6.53. The number of rotatable bonds is 10. The van der Waals surface area contributed by atoms with E-state index in [1.807, 2.05) is 23.6 Å². The normalized spacial score (nSPS) is 11.4. The zero-order valence-corrected chi connectivity index (χ0v) is 21.1. The van der Waals surface area contributed by atoms with E-state index in [1.54, 1.807) is 54.6 Å². The van der Waals surface area contributed by atoms with Crippen LogP contribution < -0.4 is 4.74 Å². The van der Waals surface area contributed by atoms with Gasteiger partial charge >= 0.3 is 5.97 Å². The standard InChI is InChI=1S/C26H21ClN4O5S/c1-2-30-24(19-7-9-20(27)10-8-19)28-29-26(30)37-23(25(32)33)15-17-5-13-22(14-6-17)36-16-18-3-11-21(12-4-18)31(34)35/h3-15H,2,16H2,1H3,(H,32,33)/b23-15-. The first kappa shape index (κ1) is 25.9. The van der Waals surface area contributed by atoms with Crippen molar-refractivity contribution >= 4 is 41.1 Å². The van der Waals surface area contributed by atoms with Crippen molar-refractivity contribution in [3.8, 4) is 17.1 Å². The molecule has 0 aliphatic carbocycles. The number of carboxylic acids is 1. The molecule has 37 heavy (non-hydrogen) atoms. The average molecular weight is 537 g/mol. The maximum absolute atomic E-state index is 12.0. The molecule has 3 aromatic carbocycles. The molecular weight excluding hydrogens is 516 g/mol. The molecule has 11 heteroatoms. The Labute approximate surface area is 221 Å². The summed E-state index contributed by atoms with van der Waals surface area (Å²) in [5, 5.41) is 30.1. The molecule has 0 unspecified atom stereocenters. The van der Waals surface area contributed by atoms with Crippen LogP contribution in [0.3, 0.4) is 0 Å². The van der Waals surface area contributed by atoms with Crippen LogP contribution in [-0.4, -0.2) is 30.8 Å². The summed E-state index contributed by atoms with van der Waals surface area (Å²) in [5.74, 6) is 0.126. The number of non-ortho nitro benzene ring substituents is 1. The van der Waals surface area contributed by atoms with E-state index < -0.39 is 10.9 Å². The number of halogens is 1. The molecule has 0 fully saturated rings. The Balaban J connectivity index is 1.47. The number of hydrogen-bond acceptors (Lipinski definition) is 7. The fourth-order valence-electron chi connectivity index (χ4n) is 3.39. The van der Waals surface area contributed by atoms with Gasteiger partial charge in [-0.05, 0) is 84.4 Å². The maximum atomic E-state index is 12.0. The second kappa shape index (κ2) is 11.7. The summed E-state index contributed by atoms with van der Waals surface area (Å²) in [6.07, 6.45) is 1.56. The quantitative estimate of drug-likeness (QED) is 0.108. The highest BCUT2D eigenvalue weighted by Crippen LogP contribution is 2.31. The second-order valence-electron chi connectivity index (χ2n) is 7.75. The first-order valence-corrected chi connectivity index (χ1v) is 12.3. The predicted molar refractivity (Wildman–Crippen MR) is 141 cm³/mol. The lowest BCUT2D eigenvalue weighted by Gasteiger charge is -2.08. The van der Waals surface area contributed by atoms with E-state index in [-0.39, 0.29) is 17.2 Å². The lowest BCUT2D eigenvalue weighted by atomic mass is 10.2. The van der Waals surface area contributed by atoms with Crippen LogP contribution in [0.25, 0.3) is 17.5 Å². The highest BCUT2D eigenvalue weighted by Gasteiger charge is 2.18. The van der Waals surface area contributed by atoms with Gasteiger partial charge in [-0.2, -0.15) is 0 Å². The first-order chi connectivity index (χ1) is 17.8. The minimum absolute atomic E-state index is 0.0189. The SMILES string of the molecule is CCn1c(S/C(=C\c2ccc(OCc3ccc([N+](=O)[O-])cc3)cc2)C(=O)O)nnc1-c1ccc(Cl)cc1. The molecule has 0 saturated carbocycles. The average Bonchev–Trinajstić information content (AvgIpc) is 3.31. The van der Waals surface area contributed by atoms with Crippen molar-refractivity contribution in [2.45, 2.75) is 25.2 Å². The van der Waals surface area contributed by atoms with Gasteiger partial charge < -0.3 is 14.4 Å². The van der Waals surface area contributed by atoms with Crippen LogP contribution in [-0.2, 0) is 17.9 Å². The number of thioether (sulfide) groups is 1. The Hall–Kier alpha value is -4.15. The minimum atomic E-state index is -1.08. The molecule has 0 radical (unpaired) electrons. The van der Waals surface area contributed by atoms with E-state index in [4.69, 9.17) is 16.3 Å². The van der Waals surface area contributed by atoms with Gasteiger partial charge in [0.1, 0.15) is 17.3 Å². The predicted octanol–water partition coefficient (Wildman–Crippen LogP) is 6.32. The van der Waals surface area contributed by atoms with E-state index in [9.17, 15) is 20.0 Å². The van der Waals surface area contributed by atoms with Gasteiger partial charge in [-0.15, -0.1) is 10.2 Å². The highest BCUT2D eigenvalue weighted by molar-refractivity contribution is 8.04. The number of benzene rings is 3. The molecule has 1 heterocycles. The van der Waals surface area contributed by atoms with E-state index >= 15 is 0 Å². The smallest absolute Gasteiger partial charge is 0.342 e. The lowest BCUT2D eigenvalue weighted by molar-refractivity contribution is -0.384. The lowest BCUT2D eigenvalue weighted by Crippen LogP contribution is -2.02. The molecule has 0 amide bonds. The van der Waals surface area contributed by atoms with E-state index in [1.165, 1.54) is 12.1 Å². The van der Waals surface area contributed by atoms with Gasteiger partial charge in [-0.3, -0.25) is 10.1 Å². The third-order valence-electron chi connectivity index (χ3n) is 5.28. The van der Waals surface area contributed by atoms with Crippen molar-refractivity contribution in [2.75, 3.05) is 0 Å². The van der Waals surface area contributed by atoms with Gasteiger partial charge in [-0.1, -0.05) is 23.7 Å². The molecule has 4 rings (SSSR count). The first-order valence-electron chi connectivity index (χ1n) is 11.1. The van der Waals surface area contributed by atoms with Gasteiger partial charge in [0.2, 0.25) is 0 Å². The Morgan fingerprint density at radius 1 is 1.08 bits per heavy atom. The Morgan fingerprint density at radius 3 is 2.35 bits per heavy atom. The number of nitro groups is 1. The fraction of sp³-hybridized carbons (Fsp3) is 0.115. The molecule has 4 aromatic rings. The molecule has 0 spiro atoms. The highest BCUT2D eigenvalue weighted by atomic mass is 35.5. The van der Waals surface area contributed by atoms with Crippen LogP contribution in [0.2, 0.25) is 5.02 Å². The number of aromatic nitrogens is 3. The molecule has 0 atom stereocenters. The zero-order chi connectivity index (χ0) is 26.4. The van der Waals surface area contributed by atoms with Crippen LogP contribution in [0.4, 0.5) is 5.69 Å². The zero-order valence-electron chi connectivity index (χ0n) is 19.6. The van der Waals surface area contributed by atoms with Gasteiger partial charge in [-0.25, -0.2) is 4.79 Å². The number of ether oxygens (including phenoxy) is 1. The second-order valence-corrected chi connectivity index (χ2v) is 9.20. The monoisotopic (exact) mass is 536 g/mol. The van der Waals surface area contributed by atoms with Crippen molar-refractivity contribution in [1.29, 1.82) is 0 Å². The molecule has 0 aliphatic heterocycles. The van der Waals surface area contributed by atoms with Crippen LogP contribution in [0.1, 0.15) is 18.1 Å². The Morgan fingerprint density at radius 2 is 1.76 bits per heavy atom. The van der Waals surface area contributed by atoms with E-state index in [0.29, 0.717) is 33.9 Å². The van der Waals surface area contributed by atoms with E-state index in [2.05, 4.69) is 10.2 Å². The molecule has 188 valence electrons. The Bertz CT molecular complexity index is 1440. The fourth-order valence-corrected chi connectivity index (χ4v) is 4.40. The topological polar surface area (TPSA) is 120 Å². The maximum Gasteiger partial charge on any atom is 0.342 e. The minimum Gasteiger partial charge on any atom is -0.489 e. The van der Waals surface area contributed by atoms with Gasteiger partial charge in [0, 0.05) is 29.3 Å². The van der Waals surface area contributed by atoms with Crippen molar-refractivity contribution in [3.05, 3.63) is 104 Å². The molecule has 1 N–H and O–H groups in total. The molecule has 9 nitrogen and oxygen atoms in total. The van der Waals surface area contributed by atoms with Crippen LogP contribution in [0, 0.1) is 10.1 Å². The van der Waals surface area contributed by atoms with E-state index in [0.717, 1.165) is 22.9 Å². The van der Waals surface area contributed by atoms with Crippen molar-refractivity contribution in [1.82, 2.24) is 14.8 Å². The van der Waals surface area contributed by atoms with Crippen LogP contribution in [0.5, 0.6) is 5.75 Å². The number of aliphatic carboxylic acids is 1.